The molecule has 0 aliphatic carbocycles. The first-order valence-corrected chi connectivity index (χ1v) is 10.1. The second kappa shape index (κ2) is 8.75. The third-order valence-corrected chi connectivity index (χ3v) is 5.38. The number of halogens is 1. The van der Waals surface area contributed by atoms with Crippen LogP contribution in [0.1, 0.15) is 30.3 Å². The van der Waals surface area contributed by atoms with Crippen molar-refractivity contribution in [3.63, 3.8) is 0 Å². The first-order chi connectivity index (χ1) is 14.6. The van der Waals surface area contributed by atoms with Crippen LogP contribution in [0.3, 0.4) is 0 Å². The molecule has 7 nitrogen and oxygen atoms in total. The van der Waals surface area contributed by atoms with E-state index in [-0.39, 0.29) is 18.4 Å². The number of amides is 1. The van der Waals surface area contributed by atoms with Crippen LogP contribution < -0.4 is 9.47 Å². The Morgan fingerprint density at radius 2 is 1.97 bits per heavy atom. The van der Waals surface area contributed by atoms with Crippen LogP contribution in [0.15, 0.2) is 47.0 Å². The minimum absolute atomic E-state index is 0.00434. The number of carbonyl (C=O) groups excluding carboxylic acids is 1. The highest BCUT2D eigenvalue weighted by Gasteiger charge is 2.34. The molecule has 4 rings (SSSR count). The fourth-order valence-electron chi connectivity index (χ4n) is 3.68. The summed E-state index contributed by atoms with van der Waals surface area (Å²) in [6.45, 7) is 0.652. The topological polar surface area (TPSA) is 77.7 Å². The molecule has 0 spiro atoms. The molecule has 1 fully saturated rings. The molecular formula is C22H22ClN3O4. The maximum absolute atomic E-state index is 13.1. The van der Waals surface area contributed by atoms with E-state index in [2.05, 4.69) is 10.1 Å². The molecule has 1 amide bonds. The number of aromatic nitrogens is 2. The molecule has 1 aromatic heterocycles. The Bertz CT molecular complexity index is 1030. The summed E-state index contributed by atoms with van der Waals surface area (Å²) < 4.78 is 16.1. The van der Waals surface area contributed by atoms with Crippen LogP contribution in [-0.4, -0.2) is 41.7 Å². The smallest absolute Gasteiger partial charge is 0.249 e. The fraction of sp³-hybridized carbons (Fsp3) is 0.318. The van der Waals surface area contributed by atoms with Gasteiger partial charge in [-0.3, -0.25) is 4.79 Å². The standard InChI is InChI=1S/C22H22ClN3O4/c1-28-17-9-14(10-18(13-17)29-2)11-20(27)26-8-4-7-19(26)22-24-21(25-30-22)15-5-3-6-16(23)12-15/h3,5-6,9-10,12-13,19H,4,7-8,11H2,1-2H3/t19-/m1/s1. The van der Waals surface area contributed by atoms with Crippen LogP contribution in [0.4, 0.5) is 0 Å². The molecule has 1 saturated heterocycles. The number of likely N-dealkylation sites (tertiary alicyclic amines) is 1. The van der Waals surface area contributed by atoms with Crippen molar-refractivity contribution in [2.24, 2.45) is 0 Å². The Labute approximate surface area is 179 Å². The molecule has 0 N–H and O–H groups in total. The predicted octanol–water partition coefficient (Wildman–Crippen LogP) is 4.31. The maximum atomic E-state index is 13.1. The monoisotopic (exact) mass is 427 g/mol. The van der Waals surface area contributed by atoms with E-state index in [0.29, 0.717) is 34.8 Å². The molecule has 2 aromatic carbocycles. The van der Waals surface area contributed by atoms with Crippen molar-refractivity contribution >= 4 is 17.5 Å². The molecule has 156 valence electrons. The predicted molar refractivity (Wildman–Crippen MR) is 112 cm³/mol. The van der Waals surface area contributed by atoms with Gasteiger partial charge in [-0.05, 0) is 42.7 Å². The summed E-state index contributed by atoms with van der Waals surface area (Å²) in [6, 6.07) is 12.5. The van der Waals surface area contributed by atoms with E-state index in [1.54, 1.807) is 37.3 Å². The van der Waals surface area contributed by atoms with Crippen LogP contribution in [0.5, 0.6) is 11.5 Å². The summed E-state index contributed by atoms with van der Waals surface area (Å²) >= 11 is 6.06. The molecule has 1 atom stereocenters. The molecule has 3 aromatic rings. The van der Waals surface area contributed by atoms with Gasteiger partial charge in [0.05, 0.1) is 20.6 Å². The van der Waals surface area contributed by atoms with E-state index in [9.17, 15) is 4.79 Å². The van der Waals surface area contributed by atoms with Gasteiger partial charge in [0.1, 0.15) is 17.5 Å². The lowest BCUT2D eigenvalue weighted by Crippen LogP contribution is -2.32. The van der Waals surface area contributed by atoms with Crippen molar-refractivity contribution in [1.29, 1.82) is 0 Å². The van der Waals surface area contributed by atoms with Gasteiger partial charge in [-0.2, -0.15) is 4.98 Å². The lowest BCUT2D eigenvalue weighted by Gasteiger charge is -2.22. The second-order valence-corrected chi connectivity index (χ2v) is 7.55. The highest BCUT2D eigenvalue weighted by Crippen LogP contribution is 2.33. The van der Waals surface area contributed by atoms with E-state index in [4.69, 9.17) is 25.6 Å². The van der Waals surface area contributed by atoms with Crippen molar-refractivity contribution in [1.82, 2.24) is 15.0 Å². The summed E-state index contributed by atoms with van der Waals surface area (Å²) in [5.74, 6) is 2.20. The minimum Gasteiger partial charge on any atom is -0.497 e. The normalized spacial score (nSPS) is 16.0. The van der Waals surface area contributed by atoms with E-state index >= 15 is 0 Å². The maximum Gasteiger partial charge on any atom is 0.249 e. The Balaban J connectivity index is 1.52. The molecule has 0 radical (unpaired) electrons. The SMILES string of the molecule is COc1cc(CC(=O)N2CCC[C@@H]2c2nc(-c3cccc(Cl)c3)no2)cc(OC)c1. The molecule has 2 heterocycles. The number of hydrogen-bond donors (Lipinski definition) is 0. The molecule has 8 heteroatoms. The van der Waals surface area contributed by atoms with Crippen molar-refractivity contribution in [3.8, 4) is 22.9 Å². The Morgan fingerprint density at radius 3 is 2.67 bits per heavy atom. The molecule has 0 bridgehead atoms. The van der Waals surface area contributed by atoms with Gasteiger partial charge in [-0.15, -0.1) is 0 Å². The zero-order valence-electron chi connectivity index (χ0n) is 16.8. The molecule has 30 heavy (non-hydrogen) atoms. The van der Waals surface area contributed by atoms with Gasteiger partial charge < -0.3 is 18.9 Å². The fourth-order valence-corrected chi connectivity index (χ4v) is 3.87. The van der Waals surface area contributed by atoms with Gasteiger partial charge in [0.15, 0.2) is 0 Å². The summed E-state index contributed by atoms with van der Waals surface area (Å²) in [5, 5.41) is 4.68. The van der Waals surface area contributed by atoms with Crippen LogP contribution in [-0.2, 0) is 11.2 Å². The first-order valence-electron chi connectivity index (χ1n) is 9.68. The lowest BCUT2D eigenvalue weighted by molar-refractivity contribution is -0.131. The van der Waals surface area contributed by atoms with Gasteiger partial charge in [-0.25, -0.2) is 0 Å². The van der Waals surface area contributed by atoms with Gasteiger partial charge in [0, 0.05) is 23.2 Å². The summed E-state index contributed by atoms with van der Waals surface area (Å²) in [7, 11) is 3.17. The van der Waals surface area contributed by atoms with Crippen LogP contribution in [0, 0.1) is 0 Å². The average molecular weight is 428 g/mol. The van der Waals surface area contributed by atoms with Crippen molar-refractivity contribution in [2.75, 3.05) is 20.8 Å². The number of ether oxygens (including phenoxy) is 2. The summed E-state index contributed by atoms with van der Waals surface area (Å²) in [6.07, 6.45) is 1.90. The molecule has 1 aliphatic heterocycles. The number of carbonyl (C=O) groups is 1. The van der Waals surface area contributed by atoms with E-state index in [1.807, 2.05) is 24.3 Å². The highest BCUT2D eigenvalue weighted by atomic mass is 35.5. The molecule has 1 aliphatic rings. The Kier molecular flexibility index (Phi) is 5.90. The minimum atomic E-state index is -0.231. The van der Waals surface area contributed by atoms with Crippen molar-refractivity contribution in [2.45, 2.75) is 25.3 Å². The van der Waals surface area contributed by atoms with Gasteiger partial charge in [0.25, 0.3) is 0 Å². The molecule has 0 unspecified atom stereocenters. The van der Waals surface area contributed by atoms with Crippen molar-refractivity contribution in [3.05, 3.63) is 58.9 Å². The van der Waals surface area contributed by atoms with Gasteiger partial charge in [-0.1, -0.05) is 28.9 Å². The lowest BCUT2D eigenvalue weighted by atomic mass is 10.1. The van der Waals surface area contributed by atoms with E-state index < -0.39 is 0 Å². The zero-order valence-corrected chi connectivity index (χ0v) is 17.6. The summed E-state index contributed by atoms with van der Waals surface area (Å²) in [4.78, 5) is 19.4. The molecule has 0 saturated carbocycles. The molecular weight excluding hydrogens is 406 g/mol. The Hall–Kier alpha value is -3.06. The first kappa shape index (κ1) is 20.2. The van der Waals surface area contributed by atoms with Gasteiger partial charge in [0.2, 0.25) is 17.6 Å². The van der Waals surface area contributed by atoms with Crippen LogP contribution in [0.25, 0.3) is 11.4 Å². The van der Waals surface area contributed by atoms with E-state index in [0.717, 1.165) is 24.0 Å². The second-order valence-electron chi connectivity index (χ2n) is 7.11. The number of nitrogens with zero attached hydrogens (tertiary/aromatic N) is 3. The quantitative estimate of drug-likeness (QED) is 0.583. The zero-order chi connectivity index (χ0) is 21.1. The largest absolute Gasteiger partial charge is 0.497 e. The van der Waals surface area contributed by atoms with Crippen molar-refractivity contribution < 1.29 is 18.8 Å². The highest BCUT2D eigenvalue weighted by molar-refractivity contribution is 6.30. The van der Waals surface area contributed by atoms with E-state index in [1.165, 1.54) is 0 Å². The Morgan fingerprint density at radius 1 is 1.20 bits per heavy atom. The number of benzene rings is 2. The third-order valence-electron chi connectivity index (χ3n) is 5.15. The number of rotatable bonds is 6. The number of methoxy groups -OCH3 is 2. The average Bonchev–Trinajstić information content (AvgIpc) is 3.43. The third kappa shape index (κ3) is 4.26. The number of hydrogen-bond acceptors (Lipinski definition) is 6. The van der Waals surface area contributed by atoms with Crippen LogP contribution in [0.2, 0.25) is 5.02 Å². The van der Waals surface area contributed by atoms with Gasteiger partial charge >= 0.3 is 0 Å². The summed E-state index contributed by atoms with van der Waals surface area (Å²) in [5.41, 5.74) is 1.60. The van der Waals surface area contributed by atoms with Crippen LogP contribution >= 0.6 is 11.6 Å².